The van der Waals surface area contributed by atoms with Gasteiger partial charge in [0.05, 0.1) is 38.4 Å². The molecule has 2 aromatic carbocycles. The van der Waals surface area contributed by atoms with Crippen molar-refractivity contribution in [3.63, 3.8) is 0 Å². The Morgan fingerprint density at radius 2 is 1.83 bits per heavy atom. The van der Waals surface area contributed by atoms with E-state index in [-0.39, 0.29) is 55.6 Å². The maximum absolute atomic E-state index is 13.3. The van der Waals surface area contributed by atoms with Crippen molar-refractivity contribution < 1.29 is 46.7 Å². The van der Waals surface area contributed by atoms with E-state index in [9.17, 15) is 18.3 Å². The number of rotatable bonds is 11. The molecule has 0 bridgehead atoms. The minimum atomic E-state index is -3.90. The summed E-state index contributed by atoms with van der Waals surface area (Å²) in [7, 11) is -2.40. The number of methoxy groups -OCH3 is 1. The van der Waals surface area contributed by atoms with E-state index in [0.717, 1.165) is 9.87 Å². The summed E-state index contributed by atoms with van der Waals surface area (Å²) in [6, 6.07) is 11.7. The lowest BCUT2D eigenvalue weighted by Gasteiger charge is -2.33. The topological polar surface area (TPSA) is 133 Å². The van der Waals surface area contributed by atoms with E-state index in [1.165, 1.54) is 19.2 Å². The summed E-state index contributed by atoms with van der Waals surface area (Å²) in [4.78, 5) is 15.1. The lowest BCUT2D eigenvalue weighted by Crippen LogP contribution is -2.43. The van der Waals surface area contributed by atoms with Crippen molar-refractivity contribution in [2.24, 2.45) is 0 Å². The van der Waals surface area contributed by atoms with Gasteiger partial charge in [0.15, 0.2) is 17.3 Å². The smallest absolute Gasteiger partial charge is 0.288 e. The van der Waals surface area contributed by atoms with Gasteiger partial charge in [-0.2, -0.15) is 4.31 Å². The van der Waals surface area contributed by atoms with Crippen molar-refractivity contribution in [1.29, 1.82) is 0 Å². The highest BCUT2D eigenvalue weighted by atomic mass is 32.2. The van der Waals surface area contributed by atoms with Crippen molar-refractivity contribution >= 4 is 15.9 Å². The molecule has 12 nitrogen and oxygen atoms in total. The maximum Gasteiger partial charge on any atom is 0.288 e. The third kappa shape index (κ3) is 6.76. The Balaban J connectivity index is 1.29. The van der Waals surface area contributed by atoms with Crippen LogP contribution in [-0.2, 0) is 29.0 Å². The number of ether oxygens (including phenoxy) is 6. The number of morpholine rings is 1. The summed E-state index contributed by atoms with van der Waals surface area (Å²) in [5, 5.41) is 9.55. The second-order valence-corrected chi connectivity index (χ2v) is 11.5. The standard InChI is InChI=1S/C28H34N2O10S/c1-35-22-3-5-23(6-4-22)41(33,34)30(8-12-31)11-15-37-27-18-21(20-2-7-24-25(16-20)39-19-38-24)17-26(40-27)28(32)29-9-13-36-14-10-29/h2-7,16-17,21,27,31H,8-15,18-19H2,1H3/t21-,27+/m0/s1. The fourth-order valence-corrected chi connectivity index (χ4v) is 6.27. The Kier molecular flexibility index (Phi) is 9.30. The van der Waals surface area contributed by atoms with Gasteiger partial charge in [-0.25, -0.2) is 8.42 Å². The van der Waals surface area contributed by atoms with Crippen LogP contribution in [0.5, 0.6) is 17.2 Å². The Labute approximate surface area is 239 Å². The fourth-order valence-electron chi connectivity index (χ4n) is 4.86. The summed E-state index contributed by atoms with van der Waals surface area (Å²) in [6.45, 7) is 1.46. The van der Waals surface area contributed by atoms with Crippen molar-refractivity contribution in [2.45, 2.75) is 23.5 Å². The van der Waals surface area contributed by atoms with Gasteiger partial charge in [0.25, 0.3) is 5.91 Å². The molecule has 3 heterocycles. The molecule has 0 radical (unpaired) electrons. The van der Waals surface area contributed by atoms with Crippen LogP contribution in [0.4, 0.5) is 0 Å². The van der Waals surface area contributed by atoms with Gasteiger partial charge in [-0.05, 0) is 48.0 Å². The van der Waals surface area contributed by atoms with E-state index in [4.69, 9.17) is 28.4 Å². The van der Waals surface area contributed by atoms with Crippen LogP contribution in [0.15, 0.2) is 59.2 Å². The van der Waals surface area contributed by atoms with E-state index in [1.54, 1.807) is 23.1 Å². The number of aliphatic hydroxyl groups is 1. The Bertz CT molecular complexity index is 1340. The van der Waals surface area contributed by atoms with E-state index < -0.39 is 16.3 Å². The zero-order valence-corrected chi connectivity index (χ0v) is 23.6. The highest BCUT2D eigenvalue weighted by Crippen LogP contribution is 2.38. The van der Waals surface area contributed by atoms with Gasteiger partial charge in [-0.15, -0.1) is 0 Å². The van der Waals surface area contributed by atoms with Crippen LogP contribution in [0.1, 0.15) is 17.9 Å². The molecule has 1 N–H and O–H groups in total. The number of carbonyl (C=O) groups is 1. The van der Waals surface area contributed by atoms with E-state index in [2.05, 4.69) is 0 Å². The molecule has 1 amide bonds. The molecule has 222 valence electrons. The first-order valence-electron chi connectivity index (χ1n) is 13.4. The van der Waals surface area contributed by atoms with Crippen LogP contribution in [-0.4, -0.2) is 101 Å². The molecule has 3 aliphatic rings. The number of carbonyl (C=O) groups excluding carboxylic acids is 1. The molecule has 1 fully saturated rings. The lowest BCUT2D eigenvalue weighted by atomic mass is 9.92. The van der Waals surface area contributed by atoms with E-state index in [1.807, 2.05) is 18.2 Å². The highest BCUT2D eigenvalue weighted by molar-refractivity contribution is 7.89. The van der Waals surface area contributed by atoms with Crippen molar-refractivity contribution in [3.8, 4) is 17.2 Å². The van der Waals surface area contributed by atoms with Gasteiger partial charge in [0.2, 0.25) is 23.1 Å². The first kappa shape index (κ1) is 29.1. The fraction of sp³-hybridized carbons (Fsp3) is 0.464. The first-order chi connectivity index (χ1) is 19.9. The van der Waals surface area contributed by atoms with Crippen molar-refractivity contribution in [2.75, 3.05) is 66.5 Å². The molecule has 0 aromatic heterocycles. The molecule has 5 rings (SSSR count). The SMILES string of the molecule is COc1ccc(S(=O)(=O)N(CCO)CCO[C@H]2C[C@@H](c3ccc4c(c3)OCO4)C=C(C(=O)N3CCOCC3)O2)cc1. The molecular formula is C28H34N2O10S. The predicted molar refractivity (Wildman–Crippen MR) is 145 cm³/mol. The number of hydrogen-bond acceptors (Lipinski definition) is 10. The molecule has 13 heteroatoms. The molecule has 3 aliphatic heterocycles. The second-order valence-electron chi connectivity index (χ2n) is 9.61. The Morgan fingerprint density at radius 1 is 1.07 bits per heavy atom. The van der Waals surface area contributed by atoms with Crippen molar-refractivity contribution in [1.82, 2.24) is 9.21 Å². The normalized spacial score (nSPS) is 20.5. The number of sulfonamides is 1. The summed E-state index contributed by atoms with van der Waals surface area (Å²) in [5.74, 6) is 1.51. The van der Waals surface area contributed by atoms with E-state index >= 15 is 0 Å². The molecule has 2 atom stereocenters. The second kappa shape index (κ2) is 13.1. The zero-order chi connectivity index (χ0) is 28.8. The van der Waals surface area contributed by atoms with Gasteiger partial charge in [0, 0.05) is 38.5 Å². The average Bonchev–Trinajstić information content (AvgIpc) is 3.49. The summed E-state index contributed by atoms with van der Waals surface area (Å²) in [5.41, 5.74) is 0.905. The minimum Gasteiger partial charge on any atom is -0.497 e. The lowest BCUT2D eigenvalue weighted by molar-refractivity contribution is -0.155. The Hall–Kier alpha value is -3.36. The van der Waals surface area contributed by atoms with Gasteiger partial charge in [-0.3, -0.25) is 4.79 Å². The van der Waals surface area contributed by atoms with Crippen LogP contribution >= 0.6 is 0 Å². The zero-order valence-electron chi connectivity index (χ0n) is 22.8. The van der Waals surface area contributed by atoms with Crippen LogP contribution < -0.4 is 14.2 Å². The van der Waals surface area contributed by atoms with Crippen molar-refractivity contribution in [3.05, 3.63) is 59.9 Å². The predicted octanol–water partition coefficient (Wildman–Crippen LogP) is 1.70. The first-order valence-corrected chi connectivity index (χ1v) is 14.8. The van der Waals surface area contributed by atoms with Gasteiger partial charge < -0.3 is 38.4 Å². The van der Waals surface area contributed by atoms with Gasteiger partial charge in [0.1, 0.15) is 5.75 Å². The molecule has 2 aromatic rings. The molecular weight excluding hydrogens is 556 g/mol. The maximum atomic E-state index is 13.3. The number of fused-ring (bicyclic) bond motifs is 1. The van der Waals surface area contributed by atoms with Crippen LogP contribution in [0, 0.1) is 0 Å². The molecule has 0 saturated carbocycles. The third-order valence-electron chi connectivity index (χ3n) is 7.08. The molecule has 0 aliphatic carbocycles. The van der Waals surface area contributed by atoms with Gasteiger partial charge in [-0.1, -0.05) is 6.07 Å². The summed E-state index contributed by atoms with van der Waals surface area (Å²) >= 11 is 0. The quantitative estimate of drug-likeness (QED) is 0.412. The monoisotopic (exact) mass is 590 g/mol. The average molecular weight is 591 g/mol. The molecule has 0 unspecified atom stereocenters. The number of allylic oxidation sites excluding steroid dienone is 1. The molecule has 41 heavy (non-hydrogen) atoms. The molecule has 0 spiro atoms. The molecule has 1 saturated heterocycles. The van der Waals surface area contributed by atoms with E-state index in [0.29, 0.717) is 50.0 Å². The number of aliphatic hydroxyl groups excluding tert-OH is 1. The minimum absolute atomic E-state index is 0.0209. The van der Waals surface area contributed by atoms with Crippen LogP contribution in [0.3, 0.4) is 0 Å². The summed E-state index contributed by atoms with van der Waals surface area (Å²) < 4.78 is 61.1. The van der Waals surface area contributed by atoms with Gasteiger partial charge >= 0.3 is 0 Å². The third-order valence-corrected chi connectivity index (χ3v) is 9.00. The van der Waals surface area contributed by atoms with Crippen LogP contribution in [0.2, 0.25) is 0 Å². The number of nitrogens with zero attached hydrogens (tertiary/aromatic N) is 2. The number of benzene rings is 2. The largest absolute Gasteiger partial charge is 0.497 e. The number of amides is 1. The summed E-state index contributed by atoms with van der Waals surface area (Å²) in [6.07, 6.45) is 1.38. The Morgan fingerprint density at radius 3 is 2.56 bits per heavy atom. The van der Waals surface area contributed by atoms with Crippen LogP contribution in [0.25, 0.3) is 0 Å². The highest BCUT2D eigenvalue weighted by Gasteiger charge is 2.33. The number of hydrogen-bond donors (Lipinski definition) is 1.